The second-order valence-corrected chi connectivity index (χ2v) is 16.0. The Labute approximate surface area is 227 Å². The van der Waals surface area contributed by atoms with Crippen LogP contribution in [0.5, 0.6) is 0 Å². The maximum Gasteiger partial charge on any atom is 0.305 e. The van der Waals surface area contributed by atoms with Gasteiger partial charge in [-0.05, 0) is 95.1 Å². The van der Waals surface area contributed by atoms with E-state index in [-0.39, 0.29) is 34.6 Å². The van der Waals surface area contributed by atoms with E-state index in [1.807, 2.05) is 0 Å². The van der Waals surface area contributed by atoms with Gasteiger partial charge in [0.05, 0.1) is 17.8 Å². The average Bonchev–Trinajstić information content (AvgIpc) is 3.36. The summed E-state index contributed by atoms with van der Waals surface area (Å²) in [4.78, 5) is 25.2. The lowest BCUT2D eigenvalue weighted by Crippen LogP contribution is -2.52. The summed E-state index contributed by atoms with van der Waals surface area (Å²) in [6.07, 6.45) is 15.2. The highest BCUT2D eigenvalue weighted by Gasteiger charge is 2.54. The van der Waals surface area contributed by atoms with Crippen molar-refractivity contribution in [1.29, 1.82) is 0 Å². The third kappa shape index (κ3) is 6.97. The van der Waals surface area contributed by atoms with Crippen LogP contribution in [0.15, 0.2) is 12.2 Å². The Balaban J connectivity index is 1.75. The lowest BCUT2D eigenvalue weighted by Gasteiger charge is -2.51. The molecule has 0 aromatic carbocycles. The molecule has 3 saturated carbocycles. The van der Waals surface area contributed by atoms with Crippen LogP contribution in [0.3, 0.4) is 0 Å². The number of fused-ring (bicyclic) bond motifs is 1. The van der Waals surface area contributed by atoms with Crippen molar-refractivity contribution < 1.29 is 23.9 Å². The van der Waals surface area contributed by atoms with Gasteiger partial charge in [0.15, 0.2) is 9.04 Å². The summed E-state index contributed by atoms with van der Waals surface area (Å²) in [5.74, 6) is 0.916. The van der Waals surface area contributed by atoms with Gasteiger partial charge in [-0.25, -0.2) is 0 Å². The molecule has 37 heavy (non-hydrogen) atoms. The molecule has 1 N–H and O–H groups in total. The number of hydrogen-bond acceptors (Lipinski definition) is 5. The summed E-state index contributed by atoms with van der Waals surface area (Å²) >= 11 is 0. The molecule has 0 aliphatic heterocycles. The van der Waals surface area contributed by atoms with Gasteiger partial charge < -0.3 is 14.3 Å². The zero-order valence-electron chi connectivity index (χ0n) is 24.7. The molecule has 3 aliphatic rings. The number of carbonyl (C=O) groups excluding carboxylic acids is 2. The fraction of sp³-hybridized carbons (Fsp3) is 0.871. The van der Waals surface area contributed by atoms with Gasteiger partial charge in [0.1, 0.15) is 5.78 Å². The van der Waals surface area contributed by atoms with Crippen LogP contribution in [0.25, 0.3) is 0 Å². The largest absolute Gasteiger partial charge is 0.466 e. The van der Waals surface area contributed by atoms with Crippen LogP contribution in [-0.4, -0.2) is 43.7 Å². The molecule has 212 valence electrons. The summed E-state index contributed by atoms with van der Waals surface area (Å²) in [5, 5.41) is 11.3. The average molecular weight is 535 g/mol. The number of hydrogen-bond donors (Lipinski definition) is 1. The fourth-order valence-corrected chi connectivity index (χ4v) is 9.14. The van der Waals surface area contributed by atoms with E-state index in [4.69, 9.17) is 9.16 Å². The molecule has 5 nitrogen and oxygen atoms in total. The first kappa shape index (κ1) is 30.6. The minimum atomic E-state index is -1.29. The van der Waals surface area contributed by atoms with Crippen molar-refractivity contribution in [2.45, 2.75) is 130 Å². The van der Waals surface area contributed by atoms with Crippen LogP contribution in [0.1, 0.15) is 105 Å². The van der Waals surface area contributed by atoms with E-state index < -0.39 is 14.6 Å². The number of esters is 1. The standard InChI is InChI=1S/C31H54O5Si/c1-8-35-27(32)15-12-19-30(5,34)26-21-25-22(16-17-24(25)28(26)33)18-20-31(29(2,3)4,36-37(6)7)23-13-10-9-11-14-23/h18,20,22-26,34,37H,8-17,19,21H2,1-7H3. The van der Waals surface area contributed by atoms with E-state index in [9.17, 15) is 14.7 Å². The van der Waals surface area contributed by atoms with Gasteiger partial charge in [-0.1, -0.05) is 52.2 Å². The SMILES string of the molecule is CCOC(=O)CCCC(C)(O)C1CC2C(C=CC(O[SiH](C)C)(C3CCCCC3)C(C)(C)C)CCC2C1=O. The second-order valence-electron chi connectivity index (χ2n) is 13.6. The summed E-state index contributed by atoms with van der Waals surface area (Å²) in [7, 11) is -1.29. The molecular weight excluding hydrogens is 480 g/mol. The molecule has 0 aromatic heterocycles. The van der Waals surface area contributed by atoms with Gasteiger partial charge in [-0.3, -0.25) is 9.59 Å². The number of ketones is 1. The van der Waals surface area contributed by atoms with Gasteiger partial charge in [0, 0.05) is 18.3 Å². The number of aliphatic hydroxyl groups is 1. The molecule has 0 radical (unpaired) electrons. The second kappa shape index (κ2) is 12.5. The van der Waals surface area contributed by atoms with Crippen molar-refractivity contribution in [1.82, 2.24) is 0 Å². The van der Waals surface area contributed by atoms with E-state index >= 15 is 0 Å². The van der Waals surface area contributed by atoms with Crippen LogP contribution in [-0.2, 0) is 18.8 Å². The highest BCUT2D eigenvalue weighted by molar-refractivity contribution is 6.48. The van der Waals surface area contributed by atoms with Crippen molar-refractivity contribution in [3.63, 3.8) is 0 Å². The first-order chi connectivity index (χ1) is 17.3. The zero-order valence-corrected chi connectivity index (χ0v) is 25.8. The maximum atomic E-state index is 13.4. The summed E-state index contributed by atoms with van der Waals surface area (Å²) < 4.78 is 12.0. The third-order valence-corrected chi connectivity index (χ3v) is 10.5. The molecule has 3 rings (SSSR count). The number of Topliss-reactive ketones (excluding diaryl/α,β-unsaturated/α-hetero) is 1. The topological polar surface area (TPSA) is 72.8 Å². The summed E-state index contributed by atoms with van der Waals surface area (Å²) in [6.45, 7) is 15.5. The Morgan fingerprint density at radius 2 is 1.76 bits per heavy atom. The Morgan fingerprint density at radius 1 is 1.08 bits per heavy atom. The van der Waals surface area contributed by atoms with Crippen molar-refractivity contribution in [3.8, 4) is 0 Å². The van der Waals surface area contributed by atoms with E-state index in [1.165, 1.54) is 32.1 Å². The predicted octanol–water partition coefficient (Wildman–Crippen LogP) is 6.62. The molecule has 6 heteroatoms. The molecule has 6 atom stereocenters. The Kier molecular flexibility index (Phi) is 10.3. The van der Waals surface area contributed by atoms with E-state index in [0.717, 1.165) is 19.3 Å². The first-order valence-electron chi connectivity index (χ1n) is 15.1. The zero-order chi connectivity index (χ0) is 27.4. The third-order valence-electron chi connectivity index (χ3n) is 9.62. The minimum absolute atomic E-state index is 0.00257. The first-order valence-corrected chi connectivity index (χ1v) is 17.9. The van der Waals surface area contributed by atoms with Crippen LogP contribution < -0.4 is 0 Å². The van der Waals surface area contributed by atoms with E-state index in [1.54, 1.807) is 13.8 Å². The van der Waals surface area contributed by atoms with Crippen molar-refractivity contribution in [2.24, 2.45) is 35.0 Å². The summed E-state index contributed by atoms with van der Waals surface area (Å²) in [5.41, 5.74) is -1.34. The van der Waals surface area contributed by atoms with E-state index in [0.29, 0.717) is 43.6 Å². The maximum absolute atomic E-state index is 13.4. The molecule has 0 saturated heterocycles. The minimum Gasteiger partial charge on any atom is -0.466 e. The number of rotatable bonds is 11. The van der Waals surface area contributed by atoms with Crippen LogP contribution >= 0.6 is 0 Å². The Bertz CT molecular complexity index is 807. The fourth-order valence-electron chi connectivity index (χ4n) is 7.73. The molecule has 3 fully saturated rings. The Hall–Kier alpha value is -0.983. The van der Waals surface area contributed by atoms with Crippen molar-refractivity contribution in [2.75, 3.05) is 6.61 Å². The van der Waals surface area contributed by atoms with Crippen molar-refractivity contribution >= 4 is 20.8 Å². The smallest absolute Gasteiger partial charge is 0.305 e. The quantitative estimate of drug-likeness (QED) is 0.183. The van der Waals surface area contributed by atoms with Gasteiger partial charge >= 0.3 is 5.97 Å². The number of allylic oxidation sites excluding steroid dienone is 1. The van der Waals surface area contributed by atoms with Crippen LogP contribution in [0.2, 0.25) is 13.1 Å². The highest BCUT2D eigenvalue weighted by Crippen LogP contribution is 2.53. The van der Waals surface area contributed by atoms with Crippen molar-refractivity contribution in [3.05, 3.63) is 12.2 Å². The molecular formula is C31H54O5Si. The Morgan fingerprint density at radius 3 is 2.35 bits per heavy atom. The van der Waals surface area contributed by atoms with Gasteiger partial charge in [0.2, 0.25) is 0 Å². The van der Waals surface area contributed by atoms with Gasteiger partial charge in [0.25, 0.3) is 0 Å². The lowest BCUT2D eigenvalue weighted by molar-refractivity contribution is -0.143. The normalized spacial score (nSPS) is 30.5. The van der Waals surface area contributed by atoms with Crippen LogP contribution in [0, 0.1) is 35.0 Å². The summed E-state index contributed by atoms with van der Waals surface area (Å²) in [6, 6.07) is 0. The van der Waals surface area contributed by atoms with Gasteiger partial charge in [-0.15, -0.1) is 0 Å². The van der Waals surface area contributed by atoms with Gasteiger partial charge in [-0.2, -0.15) is 0 Å². The molecule has 0 aromatic rings. The number of carbonyl (C=O) groups is 2. The van der Waals surface area contributed by atoms with E-state index in [2.05, 4.69) is 46.0 Å². The van der Waals surface area contributed by atoms with Crippen LogP contribution in [0.4, 0.5) is 0 Å². The molecule has 0 heterocycles. The number of ether oxygens (including phenoxy) is 1. The molecule has 0 bridgehead atoms. The monoisotopic (exact) mass is 534 g/mol. The predicted molar refractivity (Wildman–Crippen MR) is 152 cm³/mol. The molecule has 0 spiro atoms. The highest BCUT2D eigenvalue weighted by atomic mass is 28.3. The lowest BCUT2D eigenvalue weighted by atomic mass is 9.64. The molecule has 0 amide bonds. The molecule has 6 unspecified atom stereocenters. The molecule has 3 aliphatic carbocycles.